The Bertz CT molecular complexity index is 1430. The molecule has 2 aromatic heterocycles. The number of nitrogens with zero attached hydrogens (tertiary/aromatic N) is 4. The van der Waals surface area contributed by atoms with Crippen LogP contribution >= 0.6 is 0 Å². The Balaban J connectivity index is 1.26. The number of aromatic nitrogens is 3. The number of piperidine rings is 1. The zero-order valence-corrected chi connectivity index (χ0v) is 19.5. The highest BCUT2D eigenvalue weighted by atomic mass is 16.2. The number of fused-ring (bicyclic) bond motifs is 2. The Kier molecular flexibility index (Phi) is 5.30. The molecule has 0 atom stereocenters. The fourth-order valence-electron chi connectivity index (χ4n) is 4.95. The first-order chi connectivity index (χ1) is 17.1. The van der Waals surface area contributed by atoms with Crippen LogP contribution in [0.4, 0.5) is 0 Å². The third kappa shape index (κ3) is 3.85. The highest BCUT2D eigenvalue weighted by Crippen LogP contribution is 2.27. The number of benzene rings is 2. The largest absolute Gasteiger partial charge is 0.348 e. The maximum absolute atomic E-state index is 12.9. The molecule has 176 valence electrons. The average Bonchev–Trinajstić information content (AvgIpc) is 3.51. The Morgan fingerprint density at radius 3 is 2.57 bits per heavy atom. The molecular formula is C27H26N6O2. The van der Waals surface area contributed by atoms with Gasteiger partial charge in [0.1, 0.15) is 0 Å². The van der Waals surface area contributed by atoms with Crippen LogP contribution in [0.5, 0.6) is 0 Å². The van der Waals surface area contributed by atoms with E-state index in [1.807, 2.05) is 71.1 Å². The molecule has 0 bridgehead atoms. The molecule has 4 aromatic rings. The lowest BCUT2D eigenvalue weighted by Crippen LogP contribution is -2.43. The molecule has 2 N–H and O–H groups in total. The maximum atomic E-state index is 12.9. The zero-order valence-electron chi connectivity index (χ0n) is 19.5. The first-order valence-corrected chi connectivity index (χ1v) is 11.9. The normalized spacial score (nSPS) is 15.9. The molecule has 4 heterocycles. The quantitative estimate of drug-likeness (QED) is 0.482. The van der Waals surface area contributed by atoms with Gasteiger partial charge >= 0.3 is 0 Å². The molecule has 0 aliphatic carbocycles. The fraction of sp³-hybridized carbons (Fsp3) is 0.259. The third-order valence-corrected chi connectivity index (χ3v) is 7.07. The van der Waals surface area contributed by atoms with E-state index in [-0.39, 0.29) is 11.8 Å². The van der Waals surface area contributed by atoms with Crippen molar-refractivity contribution in [3.05, 3.63) is 77.5 Å². The van der Waals surface area contributed by atoms with Gasteiger partial charge in [-0.1, -0.05) is 18.2 Å². The Hall–Kier alpha value is -4.04. The SMILES string of the molecule is CNC1CCN(C(=O)c2ccc(-c3ccc4ncc(-c5ccc6c(c5)CNC6=O)n4n3)cc2)CC1. The number of rotatable bonds is 4. The van der Waals surface area contributed by atoms with Crippen molar-refractivity contribution in [2.75, 3.05) is 20.1 Å². The smallest absolute Gasteiger partial charge is 0.253 e. The first kappa shape index (κ1) is 21.5. The molecule has 0 radical (unpaired) electrons. The van der Waals surface area contributed by atoms with Crippen LogP contribution in [-0.2, 0) is 6.54 Å². The molecule has 35 heavy (non-hydrogen) atoms. The van der Waals surface area contributed by atoms with E-state index in [9.17, 15) is 9.59 Å². The van der Waals surface area contributed by atoms with Crippen molar-refractivity contribution in [3.63, 3.8) is 0 Å². The van der Waals surface area contributed by atoms with Crippen molar-refractivity contribution in [1.29, 1.82) is 0 Å². The second-order valence-corrected chi connectivity index (χ2v) is 9.12. The topological polar surface area (TPSA) is 91.6 Å². The number of likely N-dealkylation sites (tertiary alicyclic amines) is 1. The molecule has 6 rings (SSSR count). The van der Waals surface area contributed by atoms with Crippen LogP contribution in [0.3, 0.4) is 0 Å². The number of nitrogens with one attached hydrogen (secondary N) is 2. The van der Waals surface area contributed by atoms with Crippen LogP contribution in [-0.4, -0.2) is 57.5 Å². The average molecular weight is 467 g/mol. The summed E-state index contributed by atoms with van der Waals surface area (Å²) in [6, 6.07) is 17.8. The summed E-state index contributed by atoms with van der Waals surface area (Å²) in [5.41, 5.74) is 6.69. The number of amides is 2. The first-order valence-electron chi connectivity index (χ1n) is 11.9. The van der Waals surface area contributed by atoms with E-state index < -0.39 is 0 Å². The summed E-state index contributed by atoms with van der Waals surface area (Å²) < 4.78 is 1.83. The maximum Gasteiger partial charge on any atom is 0.253 e. The van der Waals surface area contributed by atoms with Crippen LogP contribution in [0.2, 0.25) is 0 Å². The Morgan fingerprint density at radius 2 is 1.80 bits per heavy atom. The summed E-state index contributed by atoms with van der Waals surface area (Å²) in [6.45, 7) is 2.09. The van der Waals surface area contributed by atoms with Crippen molar-refractivity contribution in [3.8, 4) is 22.5 Å². The minimum Gasteiger partial charge on any atom is -0.348 e. The summed E-state index contributed by atoms with van der Waals surface area (Å²) in [5.74, 6) is 0.0467. The van der Waals surface area contributed by atoms with E-state index in [2.05, 4.69) is 15.6 Å². The molecular weight excluding hydrogens is 440 g/mol. The molecule has 2 aliphatic rings. The molecule has 2 aliphatic heterocycles. The predicted molar refractivity (Wildman–Crippen MR) is 133 cm³/mol. The summed E-state index contributed by atoms with van der Waals surface area (Å²) in [7, 11) is 1.98. The van der Waals surface area contributed by atoms with Gasteiger partial charge in [-0.25, -0.2) is 9.50 Å². The minimum atomic E-state index is -0.0329. The van der Waals surface area contributed by atoms with Gasteiger partial charge in [-0.15, -0.1) is 0 Å². The summed E-state index contributed by atoms with van der Waals surface area (Å²) >= 11 is 0. The number of imidazole rings is 1. The van der Waals surface area contributed by atoms with E-state index in [0.717, 1.165) is 65.2 Å². The second kappa shape index (κ2) is 8.63. The summed E-state index contributed by atoms with van der Waals surface area (Å²) in [4.78, 5) is 31.3. The van der Waals surface area contributed by atoms with Gasteiger partial charge in [-0.2, -0.15) is 5.10 Å². The molecule has 0 spiro atoms. The Morgan fingerprint density at radius 1 is 1.03 bits per heavy atom. The van der Waals surface area contributed by atoms with Gasteiger partial charge < -0.3 is 15.5 Å². The van der Waals surface area contributed by atoms with Crippen molar-refractivity contribution in [2.24, 2.45) is 0 Å². The summed E-state index contributed by atoms with van der Waals surface area (Å²) in [6.07, 6.45) is 3.76. The number of hydrogen-bond acceptors (Lipinski definition) is 5. The lowest BCUT2D eigenvalue weighted by atomic mass is 10.0. The van der Waals surface area contributed by atoms with Crippen molar-refractivity contribution < 1.29 is 9.59 Å². The van der Waals surface area contributed by atoms with Crippen LogP contribution in [0.25, 0.3) is 28.2 Å². The van der Waals surface area contributed by atoms with Gasteiger partial charge in [0, 0.05) is 47.9 Å². The molecule has 0 saturated carbocycles. The van der Waals surface area contributed by atoms with Crippen molar-refractivity contribution in [2.45, 2.75) is 25.4 Å². The van der Waals surface area contributed by atoms with Gasteiger partial charge in [0.2, 0.25) is 0 Å². The highest BCUT2D eigenvalue weighted by Gasteiger charge is 2.23. The van der Waals surface area contributed by atoms with Gasteiger partial charge in [0.15, 0.2) is 5.65 Å². The molecule has 2 aromatic carbocycles. The molecule has 1 fully saturated rings. The lowest BCUT2D eigenvalue weighted by Gasteiger charge is -2.31. The number of carbonyl (C=O) groups is 2. The van der Waals surface area contributed by atoms with Gasteiger partial charge in [-0.3, -0.25) is 9.59 Å². The molecule has 2 amide bonds. The van der Waals surface area contributed by atoms with E-state index in [0.29, 0.717) is 18.2 Å². The van der Waals surface area contributed by atoms with E-state index in [1.165, 1.54) is 0 Å². The van der Waals surface area contributed by atoms with Crippen LogP contribution in [0.15, 0.2) is 60.8 Å². The molecule has 8 heteroatoms. The molecule has 8 nitrogen and oxygen atoms in total. The summed E-state index contributed by atoms with van der Waals surface area (Å²) in [5, 5.41) is 11.0. The van der Waals surface area contributed by atoms with E-state index in [1.54, 1.807) is 6.20 Å². The predicted octanol–water partition coefficient (Wildman–Crippen LogP) is 3.13. The molecule has 1 saturated heterocycles. The van der Waals surface area contributed by atoms with E-state index in [4.69, 9.17) is 5.10 Å². The van der Waals surface area contributed by atoms with Crippen LogP contribution in [0.1, 0.15) is 39.1 Å². The number of hydrogen-bond donors (Lipinski definition) is 2. The van der Waals surface area contributed by atoms with Gasteiger partial charge in [0.05, 0.1) is 17.6 Å². The third-order valence-electron chi connectivity index (χ3n) is 7.07. The minimum absolute atomic E-state index is 0.0329. The highest BCUT2D eigenvalue weighted by molar-refractivity contribution is 5.99. The van der Waals surface area contributed by atoms with Gasteiger partial charge in [-0.05, 0) is 61.9 Å². The zero-order chi connectivity index (χ0) is 23.9. The monoisotopic (exact) mass is 466 g/mol. The van der Waals surface area contributed by atoms with Crippen LogP contribution < -0.4 is 10.6 Å². The van der Waals surface area contributed by atoms with E-state index >= 15 is 0 Å². The Labute approximate surface area is 203 Å². The second-order valence-electron chi connectivity index (χ2n) is 9.12. The van der Waals surface area contributed by atoms with Gasteiger partial charge in [0.25, 0.3) is 11.8 Å². The molecule has 0 unspecified atom stereocenters. The number of carbonyl (C=O) groups excluding carboxylic acids is 2. The standard InChI is InChI=1S/C27H26N6O2/c1-28-21-10-12-32(13-11-21)27(35)18-4-2-17(3-5-18)23-8-9-25-29-16-24(33(25)31-23)19-6-7-22-20(14-19)15-30-26(22)34/h2-9,14,16,21,28H,10-13,15H2,1H3,(H,30,34). The van der Waals surface area contributed by atoms with Crippen molar-refractivity contribution in [1.82, 2.24) is 30.1 Å². The fourth-order valence-corrected chi connectivity index (χ4v) is 4.95. The van der Waals surface area contributed by atoms with Crippen molar-refractivity contribution >= 4 is 17.5 Å². The lowest BCUT2D eigenvalue weighted by molar-refractivity contribution is 0.0707. The van der Waals surface area contributed by atoms with Crippen LogP contribution in [0, 0.1) is 0 Å².